The number of aliphatic hydroxyl groups is 1. The smallest absolute Gasteiger partial charge is 0.380 e. The third-order valence-electron chi connectivity index (χ3n) is 3.98. The minimum atomic E-state index is -4.72. The van der Waals surface area contributed by atoms with Gasteiger partial charge in [0.25, 0.3) is 0 Å². The van der Waals surface area contributed by atoms with Gasteiger partial charge in [-0.05, 0) is 29.9 Å². The molecule has 0 aromatic heterocycles. The van der Waals surface area contributed by atoms with E-state index < -0.39 is 38.1 Å². The molecule has 1 aromatic carbocycles. The molecule has 0 bridgehead atoms. The highest BCUT2D eigenvalue weighted by Crippen LogP contribution is 2.43. The third kappa shape index (κ3) is 5.39. The van der Waals surface area contributed by atoms with E-state index in [1.54, 1.807) is 13.8 Å². The summed E-state index contributed by atoms with van der Waals surface area (Å²) in [6, 6.07) is 7.35. The molecule has 0 saturated carbocycles. The highest BCUT2D eigenvalue weighted by atomic mass is 28.3. The zero-order valence-electron chi connectivity index (χ0n) is 15.3. The summed E-state index contributed by atoms with van der Waals surface area (Å²) in [6.45, 7) is 11.2. The molecule has 1 atom stereocenters. The summed E-state index contributed by atoms with van der Waals surface area (Å²) in [7, 11) is -1.79. The number of benzene rings is 1. The van der Waals surface area contributed by atoms with Crippen molar-refractivity contribution in [2.75, 3.05) is 0 Å². The van der Waals surface area contributed by atoms with E-state index in [1.807, 2.05) is 50.8 Å². The highest BCUT2D eigenvalue weighted by Gasteiger charge is 2.55. The van der Waals surface area contributed by atoms with Gasteiger partial charge in [0.05, 0.1) is 0 Å². The predicted octanol–water partition coefficient (Wildman–Crippen LogP) is 5.23. The molecule has 1 nitrogen and oxygen atoms in total. The van der Waals surface area contributed by atoms with Gasteiger partial charge in [-0.3, -0.25) is 0 Å². The van der Waals surface area contributed by atoms with Crippen LogP contribution in [0.15, 0.2) is 24.3 Å². The molecule has 0 amide bonds. The Morgan fingerprint density at radius 2 is 1.62 bits per heavy atom. The molecule has 0 spiro atoms. The number of alkyl halides is 3. The number of aryl methyl sites for hydroxylation is 1. The number of hydrogen-bond acceptors (Lipinski definition) is 1. The molecule has 1 N–H and O–H groups in total. The molecule has 0 aliphatic rings. The van der Waals surface area contributed by atoms with Crippen LogP contribution in [-0.4, -0.2) is 25.0 Å². The quantitative estimate of drug-likeness (QED) is 0.579. The van der Waals surface area contributed by atoms with E-state index in [-0.39, 0.29) is 0 Å². The average Bonchev–Trinajstić information content (AvgIpc) is 2.35. The van der Waals surface area contributed by atoms with E-state index in [1.165, 1.54) is 0 Å². The molecule has 1 rings (SSSR count). The monoisotopic (exact) mass is 356 g/mol. The molecule has 0 saturated heterocycles. The number of rotatable bonds is 4. The van der Waals surface area contributed by atoms with Gasteiger partial charge in [-0.2, -0.15) is 13.2 Å². The molecule has 0 fully saturated rings. The summed E-state index contributed by atoms with van der Waals surface area (Å²) in [5.41, 5.74) is 1.01. The molecule has 0 heterocycles. The maximum absolute atomic E-state index is 13.6. The lowest BCUT2D eigenvalue weighted by Crippen LogP contribution is -2.49. The summed E-state index contributed by atoms with van der Waals surface area (Å²) in [5.74, 6) is 2.60. The predicted molar refractivity (Wildman–Crippen MR) is 95.6 cm³/mol. The molecule has 0 aliphatic carbocycles. The Kier molecular flexibility index (Phi) is 6.01. The van der Waals surface area contributed by atoms with Crippen LogP contribution in [0.4, 0.5) is 13.2 Å². The van der Waals surface area contributed by atoms with Crippen LogP contribution in [0.3, 0.4) is 0 Å². The Balaban J connectivity index is 3.18. The minimum Gasteiger partial charge on any atom is -0.380 e. The van der Waals surface area contributed by atoms with Gasteiger partial charge >= 0.3 is 6.18 Å². The summed E-state index contributed by atoms with van der Waals surface area (Å²) in [6.07, 6.45) is -5.73. The zero-order valence-corrected chi connectivity index (χ0v) is 16.3. The van der Waals surface area contributed by atoms with Crippen molar-refractivity contribution in [2.24, 2.45) is 0 Å². The number of hydrogen-bond donors (Lipinski definition) is 1. The standard InChI is InChI=1S/C19H27F3OSi/c1-15-10-7-8-11-16(15)17(2,3)14-18(23,19(20,21)22)12-9-13-24(4,5)6/h7-8,10-11,23H,12,14H2,1-6H3. The molecular weight excluding hydrogens is 329 g/mol. The van der Waals surface area contributed by atoms with Crippen molar-refractivity contribution in [1.29, 1.82) is 0 Å². The normalized spacial score (nSPS) is 15.4. The van der Waals surface area contributed by atoms with E-state index in [4.69, 9.17) is 0 Å². The largest absolute Gasteiger partial charge is 0.418 e. The van der Waals surface area contributed by atoms with Crippen LogP contribution in [0.5, 0.6) is 0 Å². The van der Waals surface area contributed by atoms with E-state index in [0.717, 1.165) is 11.1 Å². The molecule has 0 radical (unpaired) electrons. The van der Waals surface area contributed by atoms with Gasteiger partial charge in [0.15, 0.2) is 5.60 Å². The SMILES string of the molecule is Cc1ccccc1C(C)(C)CC(O)(CC#C[Si](C)(C)C)C(F)(F)F. The summed E-state index contributed by atoms with van der Waals surface area (Å²) < 4.78 is 40.7. The van der Waals surface area contributed by atoms with Gasteiger partial charge in [0.2, 0.25) is 0 Å². The second kappa shape index (κ2) is 6.93. The maximum atomic E-state index is 13.6. The Morgan fingerprint density at radius 3 is 2.08 bits per heavy atom. The first-order chi connectivity index (χ1) is 10.7. The summed E-state index contributed by atoms with van der Waals surface area (Å²) in [4.78, 5) is 0. The molecule has 0 aliphatic heterocycles. The van der Waals surface area contributed by atoms with Crippen LogP contribution < -0.4 is 0 Å². The zero-order chi connectivity index (χ0) is 18.8. The van der Waals surface area contributed by atoms with E-state index in [2.05, 4.69) is 11.5 Å². The topological polar surface area (TPSA) is 20.2 Å². The fourth-order valence-electron chi connectivity index (χ4n) is 2.88. The van der Waals surface area contributed by atoms with Crippen LogP contribution in [0, 0.1) is 18.4 Å². The Labute approximate surface area is 144 Å². The number of halogens is 3. The Morgan fingerprint density at radius 1 is 1.08 bits per heavy atom. The molecule has 5 heteroatoms. The van der Waals surface area contributed by atoms with E-state index in [0.29, 0.717) is 0 Å². The van der Waals surface area contributed by atoms with Crippen molar-refractivity contribution >= 4 is 8.07 Å². The third-order valence-corrected chi connectivity index (χ3v) is 4.91. The molecule has 24 heavy (non-hydrogen) atoms. The lowest BCUT2D eigenvalue weighted by molar-refractivity contribution is -0.264. The van der Waals surface area contributed by atoms with E-state index in [9.17, 15) is 18.3 Å². The van der Waals surface area contributed by atoms with Gasteiger partial charge in [-0.25, -0.2) is 0 Å². The fraction of sp³-hybridized carbons (Fsp3) is 0.579. The van der Waals surface area contributed by atoms with Crippen molar-refractivity contribution in [3.63, 3.8) is 0 Å². The second-order valence-electron chi connectivity index (χ2n) is 8.13. The van der Waals surface area contributed by atoms with Crippen LogP contribution in [0.1, 0.15) is 37.8 Å². The molecular formula is C19H27F3OSi. The van der Waals surface area contributed by atoms with E-state index >= 15 is 0 Å². The van der Waals surface area contributed by atoms with Gasteiger partial charge < -0.3 is 5.11 Å². The average molecular weight is 357 g/mol. The molecule has 134 valence electrons. The minimum absolute atomic E-state index is 0.422. The second-order valence-corrected chi connectivity index (χ2v) is 12.9. The van der Waals surface area contributed by atoms with Crippen molar-refractivity contribution in [2.45, 2.75) is 70.4 Å². The summed E-state index contributed by atoms with van der Waals surface area (Å²) in [5, 5.41) is 10.4. The first kappa shape index (κ1) is 20.8. The molecule has 1 unspecified atom stereocenters. The van der Waals surface area contributed by atoms with Crippen LogP contribution in [0.2, 0.25) is 19.6 Å². The van der Waals surface area contributed by atoms with Gasteiger partial charge in [-0.15, -0.1) is 11.5 Å². The van der Waals surface area contributed by atoms with Gasteiger partial charge in [0.1, 0.15) is 8.07 Å². The lowest BCUT2D eigenvalue weighted by atomic mass is 9.72. The first-order valence-corrected chi connectivity index (χ1v) is 11.5. The fourth-order valence-corrected chi connectivity index (χ4v) is 3.50. The molecule has 1 aromatic rings. The van der Waals surface area contributed by atoms with Gasteiger partial charge in [-0.1, -0.05) is 57.8 Å². The Hall–Kier alpha value is -1.25. The summed E-state index contributed by atoms with van der Waals surface area (Å²) >= 11 is 0. The lowest BCUT2D eigenvalue weighted by Gasteiger charge is -2.37. The van der Waals surface area contributed by atoms with Gasteiger partial charge in [0, 0.05) is 6.42 Å². The van der Waals surface area contributed by atoms with Crippen molar-refractivity contribution in [3.8, 4) is 11.5 Å². The highest BCUT2D eigenvalue weighted by molar-refractivity contribution is 6.83. The maximum Gasteiger partial charge on any atom is 0.418 e. The van der Waals surface area contributed by atoms with Crippen LogP contribution >= 0.6 is 0 Å². The van der Waals surface area contributed by atoms with Crippen molar-refractivity contribution in [3.05, 3.63) is 35.4 Å². The van der Waals surface area contributed by atoms with Crippen molar-refractivity contribution < 1.29 is 18.3 Å². The first-order valence-electron chi connectivity index (χ1n) is 8.03. The Bertz CT molecular complexity index is 632. The van der Waals surface area contributed by atoms with Crippen LogP contribution in [0.25, 0.3) is 0 Å². The van der Waals surface area contributed by atoms with Crippen molar-refractivity contribution in [1.82, 2.24) is 0 Å². The van der Waals surface area contributed by atoms with Crippen LogP contribution in [-0.2, 0) is 5.41 Å².